The van der Waals surface area contributed by atoms with E-state index in [0.29, 0.717) is 6.42 Å². The lowest BCUT2D eigenvalue weighted by atomic mass is 10.0. The summed E-state index contributed by atoms with van der Waals surface area (Å²) in [4.78, 5) is 0. The van der Waals surface area contributed by atoms with Gasteiger partial charge in [-0.1, -0.05) is 19.1 Å². The maximum absolute atomic E-state index is 12.8. The molecule has 1 aromatic rings. The molecule has 3 nitrogen and oxygen atoms in total. The minimum absolute atomic E-state index is 0.0673. The van der Waals surface area contributed by atoms with Crippen LogP contribution >= 0.6 is 0 Å². The Morgan fingerprint density at radius 3 is 2.39 bits per heavy atom. The van der Waals surface area contributed by atoms with E-state index in [1.165, 1.54) is 12.1 Å². The molecular weight excluding hydrogens is 253 g/mol. The first kappa shape index (κ1) is 15.1. The predicted octanol–water partition coefficient (Wildman–Crippen LogP) is 2.30. The van der Waals surface area contributed by atoms with Crippen LogP contribution in [0.4, 0.5) is 4.39 Å². The van der Waals surface area contributed by atoms with Gasteiger partial charge >= 0.3 is 0 Å². The highest BCUT2D eigenvalue weighted by Gasteiger charge is 2.12. The van der Waals surface area contributed by atoms with Gasteiger partial charge in [0.2, 0.25) is 0 Å². The fourth-order valence-corrected chi connectivity index (χ4v) is 2.72. The first-order valence-corrected chi connectivity index (χ1v) is 7.94. The van der Waals surface area contributed by atoms with Crippen molar-refractivity contribution in [1.29, 1.82) is 0 Å². The zero-order chi connectivity index (χ0) is 13.6. The zero-order valence-corrected chi connectivity index (χ0v) is 11.6. The quantitative estimate of drug-likeness (QED) is 0.829. The van der Waals surface area contributed by atoms with Gasteiger partial charge in [-0.25, -0.2) is 12.8 Å². The van der Waals surface area contributed by atoms with E-state index in [0.717, 1.165) is 12.0 Å². The Hall–Kier alpha value is -0.940. The minimum Gasteiger partial charge on any atom is -0.313 e. The van der Waals surface area contributed by atoms with Crippen LogP contribution in [0, 0.1) is 5.82 Å². The average Bonchev–Trinajstić information content (AvgIpc) is 2.36. The molecule has 0 aliphatic carbocycles. The topological polar surface area (TPSA) is 46.2 Å². The Kier molecular flexibility index (Phi) is 5.75. The van der Waals surface area contributed by atoms with E-state index in [1.54, 1.807) is 19.1 Å². The smallest absolute Gasteiger partial charge is 0.150 e. The van der Waals surface area contributed by atoms with Gasteiger partial charge in [0.25, 0.3) is 0 Å². The molecule has 0 amide bonds. The monoisotopic (exact) mass is 273 g/mol. The molecule has 1 atom stereocenters. The molecule has 1 rings (SSSR count). The highest BCUT2D eigenvalue weighted by molar-refractivity contribution is 7.91. The second-order valence-corrected chi connectivity index (χ2v) is 6.74. The molecule has 0 saturated carbocycles. The van der Waals surface area contributed by atoms with E-state index < -0.39 is 9.84 Å². The fraction of sp³-hybridized carbons (Fsp3) is 0.538. The summed E-state index contributed by atoms with van der Waals surface area (Å²) in [6, 6.07) is 6.36. The van der Waals surface area contributed by atoms with Gasteiger partial charge in [0.1, 0.15) is 15.7 Å². The summed E-state index contributed by atoms with van der Waals surface area (Å²) < 4.78 is 35.6. The van der Waals surface area contributed by atoms with Crippen molar-refractivity contribution >= 4 is 9.84 Å². The molecule has 18 heavy (non-hydrogen) atoms. The Labute approximate surface area is 108 Å². The SMILES string of the molecule is CCS(=O)(=O)CCCC(NC)c1ccc(F)cc1. The van der Waals surface area contributed by atoms with Crippen molar-refractivity contribution in [3.63, 3.8) is 0 Å². The van der Waals surface area contributed by atoms with Crippen LogP contribution in [0.5, 0.6) is 0 Å². The van der Waals surface area contributed by atoms with E-state index >= 15 is 0 Å². The summed E-state index contributed by atoms with van der Waals surface area (Å²) in [7, 11) is -1.08. The zero-order valence-electron chi connectivity index (χ0n) is 10.8. The summed E-state index contributed by atoms with van der Waals surface area (Å²) in [5, 5.41) is 3.12. The van der Waals surface area contributed by atoms with Crippen LogP contribution in [0.2, 0.25) is 0 Å². The number of rotatable bonds is 7. The number of hydrogen-bond acceptors (Lipinski definition) is 3. The van der Waals surface area contributed by atoms with Crippen molar-refractivity contribution in [2.45, 2.75) is 25.8 Å². The fourth-order valence-electron chi connectivity index (χ4n) is 1.82. The van der Waals surface area contributed by atoms with E-state index in [4.69, 9.17) is 0 Å². The molecule has 0 radical (unpaired) electrons. The number of nitrogens with one attached hydrogen (secondary N) is 1. The molecule has 0 heterocycles. The van der Waals surface area contributed by atoms with Gasteiger partial charge < -0.3 is 5.32 Å². The predicted molar refractivity (Wildman–Crippen MR) is 71.8 cm³/mol. The number of halogens is 1. The molecule has 1 aromatic carbocycles. The van der Waals surface area contributed by atoms with Crippen LogP contribution in [-0.4, -0.2) is 27.0 Å². The number of sulfone groups is 1. The Morgan fingerprint density at radius 1 is 1.28 bits per heavy atom. The van der Waals surface area contributed by atoms with Crippen LogP contribution in [-0.2, 0) is 9.84 Å². The molecule has 0 aromatic heterocycles. The maximum Gasteiger partial charge on any atom is 0.150 e. The second-order valence-electron chi connectivity index (χ2n) is 4.27. The number of hydrogen-bond donors (Lipinski definition) is 1. The molecule has 5 heteroatoms. The molecule has 1 unspecified atom stereocenters. The average molecular weight is 273 g/mol. The summed E-state index contributed by atoms with van der Waals surface area (Å²) in [6.45, 7) is 1.66. The van der Waals surface area contributed by atoms with Crippen LogP contribution in [0.3, 0.4) is 0 Å². The molecule has 0 bridgehead atoms. The third kappa shape index (κ3) is 4.74. The number of benzene rings is 1. The van der Waals surface area contributed by atoms with Crippen LogP contribution in [0.1, 0.15) is 31.4 Å². The Bertz CT molecular complexity index is 456. The Morgan fingerprint density at radius 2 is 1.89 bits per heavy atom. The largest absolute Gasteiger partial charge is 0.313 e. The van der Waals surface area contributed by atoms with E-state index in [1.807, 2.05) is 7.05 Å². The highest BCUT2D eigenvalue weighted by Crippen LogP contribution is 2.18. The minimum atomic E-state index is -2.90. The lowest BCUT2D eigenvalue weighted by Gasteiger charge is -2.16. The third-order valence-corrected chi connectivity index (χ3v) is 4.80. The van der Waals surface area contributed by atoms with Gasteiger partial charge in [-0.3, -0.25) is 0 Å². The van der Waals surface area contributed by atoms with Crippen molar-refractivity contribution in [2.24, 2.45) is 0 Å². The molecule has 0 fully saturated rings. The van der Waals surface area contributed by atoms with Crippen LogP contribution in [0.25, 0.3) is 0 Å². The molecule has 0 spiro atoms. The summed E-state index contributed by atoms with van der Waals surface area (Å²) in [6.07, 6.45) is 1.33. The summed E-state index contributed by atoms with van der Waals surface area (Å²) >= 11 is 0. The standard InChI is InChI=1S/C13H20FNO2S/c1-3-18(16,17)10-4-5-13(15-2)11-6-8-12(14)9-7-11/h6-9,13,15H,3-5,10H2,1-2H3. The van der Waals surface area contributed by atoms with Crippen LogP contribution in [0.15, 0.2) is 24.3 Å². The molecule has 0 saturated heterocycles. The van der Waals surface area contributed by atoms with Crippen molar-refractivity contribution < 1.29 is 12.8 Å². The van der Waals surface area contributed by atoms with Crippen molar-refractivity contribution in [1.82, 2.24) is 5.32 Å². The highest BCUT2D eigenvalue weighted by atomic mass is 32.2. The third-order valence-electron chi connectivity index (χ3n) is 3.01. The van der Waals surface area contributed by atoms with Gasteiger partial charge in [0, 0.05) is 11.8 Å². The molecule has 0 aliphatic rings. The van der Waals surface area contributed by atoms with E-state index in [-0.39, 0.29) is 23.4 Å². The van der Waals surface area contributed by atoms with Gasteiger partial charge in [-0.2, -0.15) is 0 Å². The molecular formula is C13H20FNO2S. The van der Waals surface area contributed by atoms with E-state index in [2.05, 4.69) is 5.32 Å². The van der Waals surface area contributed by atoms with Gasteiger partial charge in [-0.05, 0) is 37.6 Å². The first-order valence-electron chi connectivity index (χ1n) is 6.11. The van der Waals surface area contributed by atoms with Crippen molar-refractivity contribution in [3.8, 4) is 0 Å². The maximum atomic E-state index is 12.8. The first-order chi connectivity index (χ1) is 8.48. The lowest BCUT2D eigenvalue weighted by Crippen LogP contribution is -2.18. The molecule has 0 aliphatic heterocycles. The molecule has 102 valence electrons. The van der Waals surface area contributed by atoms with Crippen molar-refractivity contribution in [2.75, 3.05) is 18.6 Å². The normalized spacial score (nSPS) is 13.5. The van der Waals surface area contributed by atoms with Gasteiger partial charge in [0.05, 0.1) is 5.75 Å². The lowest BCUT2D eigenvalue weighted by molar-refractivity contribution is 0.534. The molecule has 1 N–H and O–H groups in total. The second kappa shape index (κ2) is 6.85. The Balaban J connectivity index is 2.55. The summed E-state index contributed by atoms with van der Waals surface area (Å²) in [5.74, 6) is 0.138. The van der Waals surface area contributed by atoms with Gasteiger partial charge in [-0.15, -0.1) is 0 Å². The summed E-state index contributed by atoms with van der Waals surface area (Å²) in [5.41, 5.74) is 0.979. The van der Waals surface area contributed by atoms with Crippen LogP contribution < -0.4 is 5.32 Å². The van der Waals surface area contributed by atoms with E-state index in [9.17, 15) is 12.8 Å². The van der Waals surface area contributed by atoms with Crippen molar-refractivity contribution in [3.05, 3.63) is 35.6 Å². The van der Waals surface area contributed by atoms with Gasteiger partial charge in [0.15, 0.2) is 0 Å².